The van der Waals surface area contributed by atoms with Crippen molar-refractivity contribution < 1.29 is 8.83 Å². The summed E-state index contributed by atoms with van der Waals surface area (Å²) in [5.74, 6) is 0.605. The van der Waals surface area contributed by atoms with Crippen LogP contribution in [0.4, 0.5) is 0 Å². The topological polar surface area (TPSA) is 43.4 Å². The molecule has 0 aliphatic rings. The highest BCUT2D eigenvalue weighted by Gasteiger charge is 2.10. The minimum atomic E-state index is -0.656. The zero-order valence-electron chi connectivity index (χ0n) is 6.93. The molecular formula is C8H11ClO3. The van der Waals surface area contributed by atoms with Crippen LogP contribution in [0.15, 0.2) is 13.6 Å². The van der Waals surface area contributed by atoms with Gasteiger partial charge in [0, 0.05) is 6.42 Å². The molecule has 0 N–H and O–H groups in total. The Kier molecular flexibility index (Phi) is 3.41. The van der Waals surface area contributed by atoms with Gasteiger partial charge in [-0.1, -0.05) is 13.3 Å². The van der Waals surface area contributed by atoms with Crippen molar-refractivity contribution >= 4 is 11.6 Å². The fourth-order valence-corrected chi connectivity index (χ4v) is 1.17. The van der Waals surface area contributed by atoms with Crippen LogP contribution in [0.1, 0.15) is 31.3 Å². The Labute approximate surface area is 75.3 Å². The van der Waals surface area contributed by atoms with Gasteiger partial charge >= 0.3 is 5.82 Å². The highest BCUT2D eigenvalue weighted by molar-refractivity contribution is 6.16. The van der Waals surface area contributed by atoms with Crippen LogP contribution in [-0.4, -0.2) is 0 Å². The first-order valence-electron chi connectivity index (χ1n) is 3.95. The molecule has 0 aromatic carbocycles. The largest absolute Gasteiger partial charge is 0.519 e. The van der Waals surface area contributed by atoms with Crippen molar-refractivity contribution in [1.82, 2.24) is 0 Å². The third kappa shape index (κ3) is 2.14. The zero-order valence-corrected chi connectivity index (χ0v) is 7.69. The highest BCUT2D eigenvalue weighted by Crippen LogP contribution is 2.12. The number of halogens is 1. The Morgan fingerprint density at radius 3 is 2.58 bits per heavy atom. The molecule has 0 amide bonds. The van der Waals surface area contributed by atoms with Crippen molar-refractivity contribution in [2.24, 2.45) is 0 Å². The molecule has 1 aromatic heterocycles. The van der Waals surface area contributed by atoms with Crippen molar-refractivity contribution in [3.63, 3.8) is 0 Å². The number of rotatable bonds is 4. The van der Waals surface area contributed by atoms with E-state index in [4.69, 9.17) is 20.4 Å². The Hall–Kier alpha value is -0.700. The van der Waals surface area contributed by atoms with E-state index in [-0.39, 0.29) is 5.88 Å². The number of aryl methyl sites for hydroxylation is 1. The molecule has 68 valence electrons. The van der Waals surface area contributed by atoms with E-state index in [1.165, 1.54) is 0 Å². The molecular weight excluding hydrogens is 180 g/mol. The lowest BCUT2D eigenvalue weighted by molar-refractivity contribution is 0.367. The molecule has 0 radical (unpaired) electrons. The highest BCUT2D eigenvalue weighted by atomic mass is 35.5. The van der Waals surface area contributed by atoms with E-state index >= 15 is 0 Å². The molecule has 0 atom stereocenters. The molecule has 1 rings (SSSR count). The van der Waals surface area contributed by atoms with Crippen LogP contribution in [0, 0.1) is 0 Å². The fraction of sp³-hybridized carbons (Fsp3) is 0.625. The van der Waals surface area contributed by atoms with Gasteiger partial charge < -0.3 is 8.83 Å². The average Bonchev–Trinajstić information content (AvgIpc) is 2.42. The maximum atomic E-state index is 10.6. The predicted molar refractivity (Wildman–Crippen MR) is 45.4 cm³/mol. The van der Waals surface area contributed by atoms with Gasteiger partial charge in [0.15, 0.2) is 11.5 Å². The first-order valence-corrected chi connectivity index (χ1v) is 4.49. The third-order valence-corrected chi connectivity index (χ3v) is 1.85. The van der Waals surface area contributed by atoms with Crippen molar-refractivity contribution in [2.45, 2.75) is 32.1 Å². The van der Waals surface area contributed by atoms with Crippen LogP contribution in [0.3, 0.4) is 0 Å². The molecule has 0 aliphatic carbocycles. The molecule has 1 heterocycles. The summed E-state index contributed by atoms with van der Waals surface area (Å²) in [7, 11) is 0. The second kappa shape index (κ2) is 4.36. The quantitative estimate of drug-likeness (QED) is 0.685. The van der Waals surface area contributed by atoms with Gasteiger partial charge in [-0.2, -0.15) is 0 Å². The van der Waals surface area contributed by atoms with Crippen LogP contribution in [-0.2, 0) is 12.3 Å². The lowest BCUT2D eigenvalue weighted by Gasteiger charge is -1.93. The molecule has 4 heteroatoms. The summed E-state index contributed by atoms with van der Waals surface area (Å²) in [6, 6.07) is 0. The van der Waals surface area contributed by atoms with Crippen LogP contribution >= 0.6 is 11.6 Å². The third-order valence-electron chi connectivity index (χ3n) is 1.60. The lowest BCUT2D eigenvalue weighted by Crippen LogP contribution is -1.87. The van der Waals surface area contributed by atoms with Crippen molar-refractivity contribution in [3.8, 4) is 0 Å². The fourth-order valence-electron chi connectivity index (χ4n) is 0.965. The summed E-state index contributed by atoms with van der Waals surface area (Å²) in [5.41, 5.74) is 0. The van der Waals surface area contributed by atoms with E-state index in [1.807, 2.05) is 0 Å². The Balaban J connectivity index is 2.75. The van der Waals surface area contributed by atoms with Crippen LogP contribution in [0.5, 0.6) is 0 Å². The summed E-state index contributed by atoms with van der Waals surface area (Å²) in [6.45, 7) is 2.07. The van der Waals surface area contributed by atoms with Gasteiger partial charge in [0.2, 0.25) is 0 Å². The molecule has 0 bridgehead atoms. The van der Waals surface area contributed by atoms with Crippen molar-refractivity contribution in [2.75, 3.05) is 0 Å². The molecule has 12 heavy (non-hydrogen) atoms. The second-order valence-corrected chi connectivity index (χ2v) is 2.80. The predicted octanol–water partition coefficient (Wildman–Crippen LogP) is 2.31. The number of unbranched alkanes of at least 4 members (excludes halogenated alkanes) is 1. The van der Waals surface area contributed by atoms with Gasteiger partial charge in [0.1, 0.15) is 0 Å². The zero-order chi connectivity index (χ0) is 8.97. The summed E-state index contributed by atoms with van der Waals surface area (Å²) in [4.78, 5) is 10.6. The summed E-state index contributed by atoms with van der Waals surface area (Å²) < 4.78 is 9.51. The molecule has 3 nitrogen and oxygen atoms in total. The van der Waals surface area contributed by atoms with Crippen molar-refractivity contribution in [1.29, 1.82) is 0 Å². The smallest absolute Gasteiger partial charge is 0.396 e. The van der Waals surface area contributed by atoms with Gasteiger partial charge in [-0.05, 0) is 6.42 Å². The van der Waals surface area contributed by atoms with Crippen LogP contribution in [0.2, 0.25) is 0 Å². The molecule has 0 unspecified atom stereocenters. The number of alkyl halides is 1. The summed E-state index contributed by atoms with van der Waals surface area (Å²) in [5, 5.41) is 0. The van der Waals surface area contributed by atoms with E-state index in [0.717, 1.165) is 19.3 Å². The SMILES string of the molecule is CCCCc1oc(=O)oc1CCl. The van der Waals surface area contributed by atoms with Crippen molar-refractivity contribution in [3.05, 3.63) is 22.1 Å². The van der Waals surface area contributed by atoms with E-state index < -0.39 is 5.82 Å². The molecule has 0 fully saturated rings. The second-order valence-electron chi connectivity index (χ2n) is 2.54. The van der Waals surface area contributed by atoms with Gasteiger partial charge in [-0.25, -0.2) is 4.79 Å². The summed E-state index contributed by atoms with van der Waals surface area (Å²) >= 11 is 5.53. The van der Waals surface area contributed by atoms with Gasteiger partial charge in [0.05, 0.1) is 5.88 Å². The standard InChI is InChI=1S/C8H11ClO3/c1-2-3-4-6-7(5-9)12-8(10)11-6/h2-5H2,1H3. The first kappa shape index (κ1) is 9.39. The Bertz CT molecular complexity index is 287. The maximum Gasteiger partial charge on any atom is 0.519 e. The first-order chi connectivity index (χ1) is 5.77. The number of hydrogen-bond acceptors (Lipinski definition) is 3. The lowest BCUT2D eigenvalue weighted by atomic mass is 10.2. The van der Waals surface area contributed by atoms with Crippen LogP contribution < -0.4 is 5.82 Å². The van der Waals surface area contributed by atoms with Gasteiger partial charge in [0.25, 0.3) is 0 Å². The minimum absolute atomic E-state index is 0.199. The maximum absolute atomic E-state index is 10.6. The van der Waals surface area contributed by atoms with Crippen LogP contribution in [0.25, 0.3) is 0 Å². The van der Waals surface area contributed by atoms with E-state index in [0.29, 0.717) is 11.5 Å². The Morgan fingerprint density at radius 1 is 1.33 bits per heavy atom. The van der Waals surface area contributed by atoms with E-state index in [2.05, 4.69) is 6.92 Å². The van der Waals surface area contributed by atoms with E-state index in [9.17, 15) is 4.79 Å². The monoisotopic (exact) mass is 190 g/mol. The molecule has 1 aromatic rings. The van der Waals surface area contributed by atoms with Gasteiger partial charge in [-0.15, -0.1) is 11.6 Å². The Morgan fingerprint density at radius 2 is 2.00 bits per heavy atom. The normalized spacial score (nSPS) is 10.5. The molecule has 0 spiro atoms. The molecule has 0 saturated heterocycles. The average molecular weight is 191 g/mol. The minimum Gasteiger partial charge on any atom is -0.396 e. The molecule has 0 saturated carbocycles. The summed E-state index contributed by atoms with van der Waals surface area (Å²) in [6.07, 6.45) is 2.76. The van der Waals surface area contributed by atoms with E-state index in [1.54, 1.807) is 0 Å². The van der Waals surface area contributed by atoms with Gasteiger partial charge in [-0.3, -0.25) is 0 Å². The number of hydrogen-bond donors (Lipinski definition) is 0. The molecule has 0 aliphatic heterocycles.